The van der Waals surface area contributed by atoms with E-state index >= 15 is 0 Å². The third kappa shape index (κ3) is 2.32. The van der Waals surface area contributed by atoms with E-state index in [-0.39, 0.29) is 15.6 Å². The van der Waals surface area contributed by atoms with Crippen molar-refractivity contribution in [2.45, 2.75) is 6.92 Å². The molecule has 0 spiro atoms. The summed E-state index contributed by atoms with van der Waals surface area (Å²) in [7, 11) is 1.24. The maximum atomic E-state index is 12.1. The second kappa shape index (κ2) is 5.25. The monoisotopic (exact) mass is 294 g/mol. The number of carbonyl (C=O) groups excluding carboxylic acids is 1. The van der Waals surface area contributed by atoms with E-state index in [2.05, 4.69) is 9.72 Å². The summed E-state index contributed by atoms with van der Waals surface area (Å²) in [6.45, 7) is 1.54. The number of carbonyl (C=O) groups is 2. The number of aromatic carboxylic acids is 1. The number of aromatic nitrogens is 2. The summed E-state index contributed by atoms with van der Waals surface area (Å²) in [5, 5.41) is 9.25. The number of hydrogen-bond donors (Lipinski definition) is 1. The Balaban J connectivity index is 2.57. The fraction of sp³-hybridized carbons (Fsp3) is 0.167. The van der Waals surface area contributed by atoms with Crippen LogP contribution >= 0.6 is 11.3 Å². The van der Waals surface area contributed by atoms with E-state index in [0.717, 1.165) is 15.9 Å². The zero-order valence-corrected chi connectivity index (χ0v) is 11.4. The minimum Gasteiger partial charge on any atom is -0.477 e. The average Bonchev–Trinajstić information content (AvgIpc) is 2.87. The van der Waals surface area contributed by atoms with Crippen molar-refractivity contribution in [2.24, 2.45) is 0 Å². The molecule has 104 valence electrons. The zero-order chi connectivity index (χ0) is 14.9. The molecule has 2 rings (SSSR count). The Hall–Kier alpha value is -2.48. The number of esters is 1. The minimum absolute atomic E-state index is 0.206. The highest BCUT2D eigenvalue weighted by atomic mass is 32.1. The van der Waals surface area contributed by atoms with E-state index < -0.39 is 17.5 Å². The van der Waals surface area contributed by atoms with Crippen LogP contribution in [-0.2, 0) is 4.74 Å². The van der Waals surface area contributed by atoms with Gasteiger partial charge in [0.05, 0.1) is 13.3 Å². The molecule has 0 aliphatic rings. The number of pyridine rings is 1. The van der Waals surface area contributed by atoms with Crippen LogP contribution in [0.2, 0.25) is 0 Å². The molecule has 7 nitrogen and oxygen atoms in total. The summed E-state index contributed by atoms with van der Waals surface area (Å²) in [5.41, 5.74) is -0.644. The fourth-order valence-corrected chi connectivity index (χ4v) is 2.42. The number of nitrogens with zero attached hydrogens (tertiary/aromatic N) is 2. The molecule has 2 aromatic heterocycles. The van der Waals surface area contributed by atoms with Crippen molar-refractivity contribution in [2.75, 3.05) is 7.11 Å². The molecule has 2 heterocycles. The number of aryl methyl sites for hydroxylation is 1. The van der Waals surface area contributed by atoms with Crippen molar-refractivity contribution in [3.63, 3.8) is 0 Å². The van der Waals surface area contributed by atoms with E-state index in [1.807, 2.05) is 0 Å². The Labute approximate surface area is 117 Å². The molecule has 0 saturated heterocycles. The van der Waals surface area contributed by atoms with E-state index in [4.69, 9.17) is 5.11 Å². The normalized spacial score (nSPS) is 10.3. The first-order chi connectivity index (χ1) is 9.45. The second-order valence-corrected chi connectivity index (χ2v) is 4.86. The maximum Gasteiger partial charge on any atom is 0.349 e. The number of rotatable bonds is 3. The van der Waals surface area contributed by atoms with Gasteiger partial charge in [0.2, 0.25) is 0 Å². The van der Waals surface area contributed by atoms with Gasteiger partial charge < -0.3 is 9.84 Å². The van der Waals surface area contributed by atoms with Crippen molar-refractivity contribution >= 4 is 23.3 Å². The van der Waals surface area contributed by atoms with Gasteiger partial charge in [-0.3, -0.25) is 9.36 Å². The van der Waals surface area contributed by atoms with Crippen LogP contribution in [0.25, 0.3) is 5.13 Å². The smallest absolute Gasteiger partial charge is 0.349 e. The standard InChI is InChI=1S/C12H10N2O5S/c1-6-3-4-14(9(15)8(6)10(16)17)12-13-5-7(20-12)11(18)19-2/h3-5H,1-2H3,(H,16,17). The molecule has 0 radical (unpaired) electrons. The lowest BCUT2D eigenvalue weighted by molar-refractivity contribution is 0.0605. The molecule has 0 unspecified atom stereocenters. The molecular formula is C12H10N2O5S. The molecule has 0 aliphatic heterocycles. The summed E-state index contributed by atoms with van der Waals surface area (Å²) in [5.74, 6) is -1.86. The summed E-state index contributed by atoms with van der Waals surface area (Å²) in [6.07, 6.45) is 2.70. The third-order valence-electron chi connectivity index (χ3n) is 2.60. The third-order valence-corrected chi connectivity index (χ3v) is 3.58. The summed E-state index contributed by atoms with van der Waals surface area (Å²) < 4.78 is 5.64. The Morgan fingerprint density at radius 3 is 2.75 bits per heavy atom. The number of carboxylic acids is 1. The van der Waals surface area contributed by atoms with Crippen LogP contribution in [0.5, 0.6) is 0 Å². The van der Waals surface area contributed by atoms with Crippen LogP contribution in [0.1, 0.15) is 25.6 Å². The first-order valence-electron chi connectivity index (χ1n) is 5.45. The molecule has 0 aromatic carbocycles. The van der Waals surface area contributed by atoms with Crippen LogP contribution in [0.15, 0.2) is 23.3 Å². The highest BCUT2D eigenvalue weighted by Crippen LogP contribution is 2.17. The number of hydrogen-bond acceptors (Lipinski definition) is 6. The van der Waals surface area contributed by atoms with E-state index in [1.54, 1.807) is 0 Å². The van der Waals surface area contributed by atoms with Gasteiger partial charge in [0.25, 0.3) is 5.56 Å². The number of methoxy groups -OCH3 is 1. The average molecular weight is 294 g/mol. The molecule has 0 atom stereocenters. The van der Waals surface area contributed by atoms with Crippen LogP contribution in [-0.4, -0.2) is 33.7 Å². The van der Waals surface area contributed by atoms with Crippen molar-refractivity contribution in [3.8, 4) is 5.13 Å². The zero-order valence-electron chi connectivity index (χ0n) is 10.6. The number of carboxylic acid groups (broad SMARTS) is 1. The molecule has 1 N–H and O–H groups in total. The Morgan fingerprint density at radius 2 is 2.15 bits per heavy atom. The van der Waals surface area contributed by atoms with E-state index in [9.17, 15) is 14.4 Å². The van der Waals surface area contributed by atoms with Gasteiger partial charge in [0.15, 0.2) is 5.13 Å². The first-order valence-corrected chi connectivity index (χ1v) is 6.27. The van der Waals surface area contributed by atoms with Crippen molar-refractivity contribution in [3.05, 3.63) is 44.8 Å². The lowest BCUT2D eigenvalue weighted by Gasteiger charge is -2.04. The van der Waals surface area contributed by atoms with Crippen LogP contribution in [0.4, 0.5) is 0 Å². The predicted octanol–water partition coefficient (Wildman–Crippen LogP) is 1.09. The predicted molar refractivity (Wildman–Crippen MR) is 70.7 cm³/mol. The lowest BCUT2D eigenvalue weighted by Crippen LogP contribution is -2.25. The molecule has 0 bridgehead atoms. The number of thiazole rings is 1. The molecule has 2 aromatic rings. The van der Waals surface area contributed by atoms with Crippen LogP contribution in [0.3, 0.4) is 0 Å². The summed E-state index contributed by atoms with van der Waals surface area (Å²) >= 11 is 0.943. The van der Waals surface area contributed by atoms with Gasteiger partial charge in [-0.25, -0.2) is 14.6 Å². The minimum atomic E-state index is -1.30. The second-order valence-electron chi connectivity index (χ2n) is 3.85. The van der Waals surface area contributed by atoms with Gasteiger partial charge in [0, 0.05) is 6.20 Å². The molecule has 0 saturated carbocycles. The van der Waals surface area contributed by atoms with E-state index in [1.165, 1.54) is 32.5 Å². The molecule has 0 fully saturated rings. The molecule has 0 aliphatic carbocycles. The quantitative estimate of drug-likeness (QED) is 0.851. The van der Waals surface area contributed by atoms with Gasteiger partial charge in [-0.2, -0.15) is 0 Å². The number of ether oxygens (including phenoxy) is 1. The molecule has 8 heteroatoms. The van der Waals surface area contributed by atoms with Crippen molar-refractivity contribution in [1.82, 2.24) is 9.55 Å². The Bertz CT molecular complexity index is 747. The SMILES string of the molecule is COC(=O)c1cnc(-n2ccc(C)c(C(=O)O)c2=O)s1. The first kappa shape index (κ1) is 13.9. The Kier molecular flexibility index (Phi) is 3.66. The topological polar surface area (TPSA) is 98.5 Å². The van der Waals surface area contributed by atoms with Gasteiger partial charge in [-0.1, -0.05) is 11.3 Å². The van der Waals surface area contributed by atoms with Crippen LogP contribution < -0.4 is 5.56 Å². The van der Waals surface area contributed by atoms with Crippen LogP contribution in [0, 0.1) is 6.92 Å². The van der Waals surface area contributed by atoms with Gasteiger partial charge in [0.1, 0.15) is 10.4 Å². The summed E-state index contributed by atoms with van der Waals surface area (Å²) in [6, 6.07) is 1.50. The largest absolute Gasteiger partial charge is 0.477 e. The lowest BCUT2D eigenvalue weighted by atomic mass is 10.1. The molecule has 0 amide bonds. The maximum absolute atomic E-state index is 12.1. The Morgan fingerprint density at radius 1 is 1.45 bits per heavy atom. The van der Waals surface area contributed by atoms with Gasteiger partial charge in [-0.05, 0) is 18.6 Å². The summed E-state index contributed by atoms with van der Waals surface area (Å²) in [4.78, 5) is 38.7. The molecule has 20 heavy (non-hydrogen) atoms. The fourth-order valence-electron chi connectivity index (χ4n) is 1.61. The van der Waals surface area contributed by atoms with E-state index in [0.29, 0.717) is 5.56 Å². The van der Waals surface area contributed by atoms with Gasteiger partial charge >= 0.3 is 11.9 Å². The van der Waals surface area contributed by atoms with Gasteiger partial charge in [-0.15, -0.1) is 0 Å². The molecular weight excluding hydrogens is 284 g/mol. The van der Waals surface area contributed by atoms with Crippen molar-refractivity contribution in [1.29, 1.82) is 0 Å². The van der Waals surface area contributed by atoms with Crippen molar-refractivity contribution < 1.29 is 19.4 Å². The highest BCUT2D eigenvalue weighted by Gasteiger charge is 2.18. The highest BCUT2D eigenvalue weighted by molar-refractivity contribution is 7.15.